The van der Waals surface area contributed by atoms with Crippen LogP contribution < -0.4 is 5.32 Å². The average molecular weight is 426 g/mol. The third kappa shape index (κ3) is 5.78. The molecule has 2 heterocycles. The van der Waals surface area contributed by atoms with Crippen molar-refractivity contribution in [3.05, 3.63) is 0 Å². The number of thioether (sulfide) groups is 1. The highest BCUT2D eigenvalue weighted by atomic mass is 127. The van der Waals surface area contributed by atoms with Crippen molar-refractivity contribution in [2.45, 2.75) is 44.4 Å². The highest BCUT2D eigenvalue weighted by Crippen LogP contribution is 2.29. The van der Waals surface area contributed by atoms with Crippen LogP contribution in [-0.4, -0.2) is 72.1 Å². The standard InChI is InChI=1S/C15H30N4S.HI/c1-5-16-14(17-11-13-7-6-8-18(13)4)19-9-10-20-15(2,3)12-19;/h13H,5-12H2,1-4H3,(H,16,17);1H. The Kier molecular flexibility index (Phi) is 8.13. The lowest BCUT2D eigenvalue weighted by Gasteiger charge is -2.39. The molecule has 0 radical (unpaired) electrons. The van der Waals surface area contributed by atoms with Gasteiger partial charge in [-0.2, -0.15) is 11.8 Å². The third-order valence-electron chi connectivity index (χ3n) is 4.18. The molecule has 0 saturated carbocycles. The van der Waals surface area contributed by atoms with E-state index in [1.807, 2.05) is 0 Å². The summed E-state index contributed by atoms with van der Waals surface area (Å²) in [5.41, 5.74) is 0. The van der Waals surface area contributed by atoms with Crippen LogP contribution in [0.15, 0.2) is 4.99 Å². The maximum Gasteiger partial charge on any atom is 0.194 e. The Bertz CT molecular complexity index is 349. The molecule has 124 valence electrons. The summed E-state index contributed by atoms with van der Waals surface area (Å²) in [4.78, 5) is 9.80. The minimum absolute atomic E-state index is 0. The molecule has 1 atom stereocenters. The Morgan fingerprint density at radius 3 is 2.71 bits per heavy atom. The van der Waals surface area contributed by atoms with Crippen LogP contribution in [0.4, 0.5) is 0 Å². The summed E-state index contributed by atoms with van der Waals surface area (Å²) in [6, 6.07) is 0.635. The molecule has 2 fully saturated rings. The molecule has 0 aromatic carbocycles. The SMILES string of the molecule is CCNC(=NCC1CCCN1C)N1CCSC(C)(C)C1.I. The molecule has 2 aliphatic heterocycles. The molecule has 6 heteroatoms. The maximum absolute atomic E-state index is 4.92. The van der Waals surface area contributed by atoms with Crippen LogP contribution in [0.25, 0.3) is 0 Å². The summed E-state index contributed by atoms with van der Waals surface area (Å²) in [5, 5.41) is 3.48. The van der Waals surface area contributed by atoms with Gasteiger partial charge in [-0.1, -0.05) is 0 Å². The Morgan fingerprint density at radius 1 is 1.38 bits per heavy atom. The zero-order chi connectivity index (χ0) is 14.6. The molecule has 0 aromatic heterocycles. The van der Waals surface area contributed by atoms with Crippen molar-refractivity contribution in [1.82, 2.24) is 15.1 Å². The number of nitrogens with one attached hydrogen (secondary N) is 1. The molecule has 1 unspecified atom stereocenters. The first-order chi connectivity index (χ1) is 9.52. The molecule has 2 rings (SSSR count). The van der Waals surface area contributed by atoms with Gasteiger partial charge in [-0.3, -0.25) is 4.99 Å². The van der Waals surface area contributed by atoms with Crippen molar-refractivity contribution in [3.63, 3.8) is 0 Å². The summed E-state index contributed by atoms with van der Waals surface area (Å²) in [7, 11) is 2.22. The van der Waals surface area contributed by atoms with Gasteiger partial charge in [-0.05, 0) is 47.2 Å². The van der Waals surface area contributed by atoms with Gasteiger partial charge in [-0.15, -0.1) is 24.0 Å². The van der Waals surface area contributed by atoms with Crippen LogP contribution in [0, 0.1) is 0 Å². The van der Waals surface area contributed by atoms with E-state index in [-0.39, 0.29) is 24.0 Å². The van der Waals surface area contributed by atoms with Gasteiger partial charge in [0.25, 0.3) is 0 Å². The lowest BCUT2D eigenvalue weighted by molar-refractivity contribution is 0.314. The number of likely N-dealkylation sites (tertiary alicyclic amines) is 1. The van der Waals surface area contributed by atoms with Gasteiger partial charge in [0, 0.05) is 36.2 Å². The zero-order valence-electron chi connectivity index (χ0n) is 13.9. The number of hydrogen-bond acceptors (Lipinski definition) is 3. The Hall–Kier alpha value is 0.310. The summed E-state index contributed by atoms with van der Waals surface area (Å²) in [6.07, 6.45) is 2.61. The van der Waals surface area contributed by atoms with Crippen molar-refractivity contribution < 1.29 is 0 Å². The molecule has 21 heavy (non-hydrogen) atoms. The Morgan fingerprint density at radius 2 is 2.14 bits per heavy atom. The number of rotatable bonds is 3. The second-order valence-corrected chi connectivity index (χ2v) is 8.30. The number of guanidine groups is 1. The molecule has 0 bridgehead atoms. The largest absolute Gasteiger partial charge is 0.357 e. The fourth-order valence-corrected chi connectivity index (χ4v) is 4.14. The van der Waals surface area contributed by atoms with Crippen LogP contribution in [0.5, 0.6) is 0 Å². The number of nitrogens with zero attached hydrogens (tertiary/aromatic N) is 3. The Labute approximate surface area is 151 Å². The number of halogens is 1. The van der Waals surface area contributed by atoms with Crippen LogP contribution in [0.3, 0.4) is 0 Å². The highest BCUT2D eigenvalue weighted by Gasteiger charge is 2.29. The van der Waals surface area contributed by atoms with Crippen LogP contribution in [-0.2, 0) is 0 Å². The van der Waals surface area contributed by atoms with Gasteiger partial charge >= 0.3 is 0 Å². The van der Waals surface area contributed by atoms with E-state index in [2.05, 4.69) is 54.7 Å². The summed E-state index contributed by atoms with van der Waals surface area (Å²) in [5.74, 6) is 2.31. The van der Waals surface area contributed by atoms with Crippen LogP contribution in [0.1, 0.15) is 33.6 Å². The van der Waals surface area contributed by atoms with Gasteiger partial charge in [0.15, 0.2) is 5.96 Å². The second-order valence-electron chi connectivity index (χ2n) is 6.50. The van der Waals surface area contributed by atoms with Gasteiger partial charge in [0.05, 0.1) is 6.54 Å². The van der Waals surface area contributed by atoms with E-state index in [1.54, 1.807) is 0 Å². The molecule has 0 spiro atoms. The molecule has 2 aliphatic rings. The van der Waals surface area contributed by atoms with E-state index in [0.29, 0.717) is 10.8 Å². The van der Waals surface area contributed by atoms with Crippen molar-refractivity contribution in [2.24, 2.45) is 4.99 Å². The van der Waals surface area contributed by atoms with Crippen molar-refractivity contribution >= 4 is 41.7 Å². The molecule has 4 nitrogen and oxygen atoms in total. The zero-order valence-corrected chi connectivity index (χ0v) is 17.0. The van der Waals surface area contributed by atoms with E-state index in [1.165, 1.54) is 25.1 Å². The van der Waals surface area contributed by atoms with Gasteiger partial charge in [-0.25, -0.2) is 0 Å². The molecular formula is C15H31IN4S. The summed E-state index contributed by atoms with van der Waals surface area (Å²) < 4.78 is 0.332. The van der Waals surface area contributed by atoms with E-state index < -0.39 is 0 Å². The van der Waals surface area contributed by atoms with E-state index in [0.717, 1.165) is 32.1 Å². The maximum atomic E-state index is 4.92. The number of aliphatic imine (C=N–C) groups is 1. The topological polar surface area (TPSA) is 30.9 Å². The monoisotopic (exact) mass is 426 g/mol. The number of likely N-dealkylation sites (N-methyl/N-ethyl adjacent to an activating group) is 1. The van der Waals surface area contributed by atoms with E-state index in [4.69, 9.17) is 4.99 Å². The number of hydrogen-bond donors (Lipinski definition) is 1. The van der Waals surface area contributed by atoms with Gasteiger partial charge in [0.2, 0.25) is 0 Å². The minimum atomic E-state index is 0. The lowest BCUT2D eigenvalue weighted by Crippen LogP contribution is -2.51. The molecular weight excluding hydrogens is 395 g/mol. The quantitative estimate of drug-likeness (QED) is 0.427. The first-order valence-electron chi connectivity index (χ1n) is 7.89. The molecule has 0 aromatic rings. The van der Waals surface area contributed by atoms with Crippen molar-refractivity contribution in [1.29, 1.82) is 0 Å². The normalized spacial score (nSPS) is 26.6. The van der Waals surface area contributed by atoms with Crippen LogP contribution >= 0.6 is 35.7 Å². The molecule has 0 aliphatic carbocycles. The van der Waals surface area contributed by atoms with E-state index >= 15 is 0 Å². The first kappa shape index (κ1) is 19.4. The molecule has 1 N–H and O–H groups in total. The lowest BCUT2D eigenvalue weighted by atomic mass is 10.2. The molecule has 2 saturated heterocycles. The van der Waals surface area contributed by atoms with E-state index in [9.17, 15) is 0 Å². The Balaban J connectivity index is 0.00000220. The molecule has 0 amide bonds. The fourth-order valence-electron chi connectivity index (χ4n) is 3.02. The predicted octanol–water partition coefficient (Wildman–Crippen LogP) is 2.49. The van der Waals surface area contributed by atoms with Crippen molar-refractivity contribution in [3.8, 4) is 0 Å². The second kappa shape index (κ2) is 8.82. The van der Waals surface area contributed by atoms with Gasteiger partial charge in [0.1, 0.15) is 0 Å². The van der Waals surface area contributed by atoms with Gasteiger partial charge < -0.3 is 15.1 Å². The third-order valence-corrected chi connectivity index (χ3v) is 5.48. The average Bonchev–Trinajstić information content (AvgIpc) is 2.79. The smallest absolute Gasteiger partial charge is 0.194 e. The fraction of sp³-hybridized carbons (Fsp3) is 0.933. The minimum Gasteiger partial charge on any atom is -0.357 e. The first-order valence-corrected chi connectivity index (χ1v) is 8.88. The predicted molar refractivity (Wildman–Crippen MR) is 105 cm³/mol. The van der Waals surface area contributed by atoms with Crippen LogP contribution in [0.2, 0.25) is 0 Å². The highest BCUT2D eigenvalue weighted by molar-refractivity contribution is 14.0. The van der Waals surface area contributed by atoms with Crippen molar-refractivity contribution in [2.75, 3.05) is 45.5 Å². The summed E-state index contributed by atoms with van der Waals surface area (Å²) >= 11 is 2.07. The summed E-state index contributed by atoms with van der Waals surface area (Å²) in [6.45, 7) is 12.1.